The minimum absolute atomic E-state index is 0. The Labute approximate surface area is 223 Å². The smallest absolute Gasteiger partial charge is 0.408 e. The molecule has 0 saturated carbocycles. The number of para-hydroxylation sites is 1. The lowest BCUT2D eigenvalue weighted by Crippen LogP contribution is -2.38. The van der Waals surface area contributed by atoms with Gasteiger partial charge in [0.1, 0.15) is 29.1 Å². The van der Waals surface area contributed by atoms with Gasteiger partial charge in [0, 0.05) is 30.7 Å². The molecule has 13 heteroatoms. The lowest BCUT2D eigenvalue weighted by molar-refractivity contribution is -0.183. The maximum absolute atomic E-state index is 14.1. The van der Waals surface area contributed by atoms with Crippen molar-refractivity contribution >= 4 is 41.4 Å². The summed E-state index contributed by atoms with van der Waals surface area (Å²) in [5, 5.41) is 18.5. The molecule has 200 valence electrons. The number of alkyl halides is 3. The minimum Gasteiger partial charge on any atom is -0.486 e. The van der Waals surface area contributed by atoms with Crippen LogP contribution in [0.1, 0.15) is 24.9 Å². The Morgan fingerprint density at radius 2 is 1.92 bits per heavy atom. The van der Waals surface area contributed by atoms with Crippen LogP contribution in [0.25, 0.3) is 28.1 Å². The van der Waals surface area contributed by atoms with E-state index in [-0.39, 0.29) is 56.1 Å². The first-order valence-corrected chi connectivity index (χ1v) is 11.3. The van der Waals surface area contributed by atoms with Crippen LogP contribution < -0.4 is 10.5 Å². The van der Waals surface area contributed by atoms with Gasteiger partial charge in [-0.2, -0.15) is 13.2 Å². The monoisotopic (exact) mass is 558 g/mol. The summed E-state index contributed by atoms with van der Waals surface area (Å²) in [5.74, 6) is 0.802. The first-order chi connectivity index (χ1) is 16.7. The zero-order valence-corrected chi connectivity index (χ0v) is 21.4. The predicted molar refractivity (Wildman–Crippen MR) is 138 cm³/mol. The van der Waals surface area contributed by atoms with E-state index >= 15 is 0 Å². The van der Waals surface area contributed by atoms with Crippen LogP contribution in [0.4, 0.5) is 13.2 Å². The molecule has 8 nitrogen and oxygen atoms in total. The first kappa shape index (κ1) is 28.9. The molecule has 1 aliphatic rings. The largest absolute Gasteiger partial charge is 0.486 e. The number of benzene rings is 1. The molecule has 4 aromatic rings. The molecule has 1 fully saturated rings. The fourth-order valence-electron chi connectivity index (χ4n) is 4.49. The van der Waals surface area contributed by atoms with Gasteiger partial charge in [0.25, 0.3) is 0 Å². The van der Waals surface area contributed by atoms with Gasteiger partial charge in [-0.3, -0.25) is 9.30 Å². The standard InChI is InChI=1S/C24H25F3N6O2.2ClH/c1-14(13-34)35-19-4-2-3-15-5-7-18(29-21(15)19)23-31-30-20-8-6-16(11-33(20)23)22(24(25,26)27)32-10-9-17(28)12-32;;/h2-8,11,14,17,22,34H,9-10,12-13,28H2,1H3;2*1H/t14-,17+,22-;;/m1../s1. The van der Waals surface area contributed by atoms with Crippen LogP contribution in [0.5, 0.6) is 5.75 Å². The van der Waals surface area contributed by atoms with Crippen molar-refractivity contribution in [1.29, 1.82) is 0 Å². The van der Waals surface area contributed by atoms with E-state index in [0.717, 1.165) is 5.39 Å². The highest BCUT2D eigenvalue weighted by Gasteiger charge is 2.46. The second-order valence-corrected chi connectivity index (χ2v) is 8.84. The summed E-state index contributed by atoms with van der Waals surface area (Å²) in [6.07, 6.45) is -2.95. The molecule has 1 saturated heterocycles. The maximum atomic E-state index is 14.1. The number of aromatic nitrogens is 4. The van der Waals surface area contributed by atoms with Crippen LogP contribution in [-0.2, 0) is 0 Å². The van der Waals surface area contributed by atoms with Crippen molar-refractivity contribution in [2.75, 3.05) is 19.7 Å². The molecule has 3 atom stereocenters. The fourth-order valence-corrected chi connectivity index (χ4v) is 4.49. The van der Waals surface area contributed by atoms with Gasteiger partial charge in [-0.1, -0.05) is 24.3 Å². The van der Waals surface area contributed by atoms with Crippen molar-refractivity contribution < 1.29 is 23.0 Å². The summed E-state index contributed by atoms with van der Waals surface area (Å²) in [5.41, 5.74) is 7.36. The van der Waals surface area contributed by atoms with Gasteiger partial charge >= 0.3 is 6.18 Å². The van der Waals surface area contributed by atoms with E-state index in [1.165, 1.54) is 27.6 Å². The van der Waals surface area contributed by atoms with Crippen molar-refractivity contribution in [3.8, 4) is 17.3 Å². The van der Waals surface area contributed by atoms with Gasteiger partial charge in [0.05, 0.1) is 6.61 Å². The van der Waals surface area contributed by atoms with Crippen LogP contribution in [0.15, 0.2) is 48.7 Å². The van der Waals surface area contributed by atoms with Crippen molar-refractivity contribution in [1.82, 2.24) is 24.5 Å². The number of halogens is 5. The maximum Gasteiger partial charge on any atom is 0.408 e. The zero-order valence-electron chi connectivity index (χ0n) is 19.8. The summed E-state index contributed by atoms with van der Waals surface area (Å²) < 4.78 is 49.7. The molecule has 4 heterocycles. The lowest BCUT2D eigenvalue weighted by atomic mass is 10.1. The topological polar surface area (TPSA) is 102 Å². The van der Waals surface area contributed by atoms with Gasteiger partial charge in [0.15, 0.2) is 11.5 Å². The summed E-state index contributed by atoms with van der Waals surface area (Å²) in [7, 11) is 0. The summed E-state index contributed by atoms with van der Waals surface area (Å²) >= 11 is 0. The van der Waals surface area contributed by atoms with Crippen molar-refractivity contribution in [3.63, 3.8) is 0 Å². The number of aliphatic hydroxyl groups excluding tert-OH is 1. The first-order valence-electron chi connectivity index (χ1n) is 11.3. The molecule has 3 N–H and O–H groups in total. The summed E-state index contributed by atoms with van der Waals surface area (Å²) in [4.78, 5) is 6.06. The third-order valence-electron chi connectivity index (χ3n) is 6.17. The zero-order chi connectivity index (χ0) is 24.7. The van der Waals surface area contributed by atoms with Crippen LogP contribution in [0, 0.1) is 0 Å². The molecule has 1 aliphatic heterocycles. The highest BCUT2D eigenvalue weighted by molar-refractivity contribution is 5.86. The Balaban J connectivity index is 0.00000190. The van der Waals surface area contributed by atoms with Crippen LogP contribution in [0.2, 0.25) is 0 Å². The Kier molecular flexibility index (Phi) is 8.86. The molecular weight excluding hydrogens is 532 g/mol. The SMILES string of the molecule is C[C@H](CO)Oc1cccc2ccc(-c3nnc4ccc([C@@H](N5CC[C@H](N)C5)C(F)(F)F)cn34)nc12.Cl.Cl. The molecule has 0 unspecified atom stereocenters. The van der Waals surface area contributed by atoms with Crippen molar-refractivity contribution in [2.24, 2.45) is 5.73 Å². The van der Waals surface area contributed by atoms with E-state index in [4.69, 9.17) is 10.5 Å². The normalized spacial score (nSPS) is 17.8. The number of fused-ring (bicyclic) bond motifs is 2. The number of hydrogen-bond donors (Lipinski definition) is 2. The third kappa shape index (κ3) is 5.75. The third-order valence-corrected chi connectivity index (χ3v) is 6.17. The average molecular weight is 559 g/mol. The second kappa shape index (κ2) is 11.4. The molecule has 0 amide bonds. The number of hydrogen-bond acceptors (Lipinski definition) is 7. The molecule has 0 spiro atoms. The molecule has 37 heavy (non-hydrogen) atoms. The van der Waals surface area contributed by atoms with E-state index in [1.807, 2.05) is 18.2 Å². The Morgan fingerprint density at radius 1 is 1.14 bits per heavy atom. The van der Waals surface area contributed by atoms with E-state index in [1.54, 1.807) is 19.1 Å². The number of nitrogens with zero attached hydrogens (tertiary/aromatic N) is 5. The number of aliphatic hydroxyl groups is 1. The fraction of sp³-hybridized carbons (Fsp3) is 0.375. The van der Waals surface area contributed by atoms with Gasteiger partial charge in [0.2, 0.25) is 0 Å². The summed E-state index contributed by atoms with van der Waals surface area (Å²) in [6.45, 7) is 2.04. The molecule has 0 aliphatic carbocycles. The van der Waals surface area contributed by atoms with E-state index in [9.17, 15) is 18.3 Å². The highest BCUT2D eigenvalue weighted by atomic mass is 35.5. The van der Waals surface area contributed by atoms with E-state index in [2.05, 4.69) is 15.2 Å². The number of likely N-dealkylation sites (tertiary alicyclic amines) is 1. The molecule has 0 radical (unpaired) electrons. The minimum atomic E-state index is -4.47. The van der Waals surface area contributed by atoms with E-state index < -0.39 is 18.3 Å². The van der Waals surface area contributed by atoms with Gasteiger partial charge < -0.3 is 15.6 Å². The Hall–Kier alpha value is -2.70. The van der Waals surface area contributed by atoms with Crippen LogP contribution >= 0.6 is 24.8 Å². The second-order valence-electron chi connectivity index (χ2n) is 8.84. The van der Waals surface area contributed by atoms with Crippen LogP contribution in [-0.4, -0.2) is 67.6 Å². The van der Waals surface area contributed by atoms with Crippen molar-refractivity contribution in [2.45, 2.75) is 37.7 Å². The number of ether oxygens (including phenoxy) is 1. The number of pyridine rings is 2. The quantitative estimate of drug-likeness (QED) is 0.366. The number of rotatable bonds is 6. The van der Waals surface area contributed by atoms with Crippen LogP contribution in [0.3, 0.4) is 0 Å². The molecule has 5 rings (SSSR count). The van der Waals surface area contributed by atoms with Gasteiger partial charge in [-0.25, -0.2) is 4.98 Å². The molecular formula is C24H27Cl2F3N6O2. The lowest BCUT2D eigenvalue weighted by Gasteiger charge is -2.30. The summed E-state index contributed by atoms with van der Waals surface area (Å²) in [6, 6.07) is 9.93. The molecule has 0 bridgehead atoms. The Morgan fingerprint density at radius 3 is 2.59 bits per heavy atom. The molecule has 1 aromatic carbocycles. The van der Waals surface area contributed by atoms with E-state index in [0.29, 0.717) is 34.9 Å². The predicted octanol–water partition coefficient (Wildman–Crippen LogP) is 4.18. The highest BCUT2D eigenvalue weighted by Crippen LogP contribution is 2.39. The average Bonchev–Trinajstić information content (AvgIpc) is 3.44. The molecule has 3 aromatic heterocycles. The Bertz CT molecular complexity index is 1370. The number of nitrogens with two attached hydrogens (primary N) is 1. The van der Waals surface area contributed by atoms with Gasteiger partial charge in [-0.15, -0.1) is 35.0 Å². The van der Waals surface area contributed by atoms with Gasteiger partial charge in [-0.05, 0) is 37.1 Å². The van der Waals surface area contributed by atoms with Crippen molar-refractivity contribution in [3.05, 3.63) is 54.2 Å².